The topological polar surface area (TPSA) is 55.2 Å². The van der Waals surface area contributed by atoms with Gasteiger partial charge < -0.3 is 5.32 Å². The van der Waals surface area contributed by atoms with E-state index in [9.17, 15) is 10.1 Å². The Hall–Kier alpha value is -1.32. The Kier molecular flexibility index (Phi) is 3.95. The van der Waals surface area contributed by atoms with E-state index in [4.69, 9.17) is 0 Å². The predicted molar refractivity (Wildman–Crippen MR) is 43.6 cm³/mol. The second-order valence-corrected chi connectivity index (χ2v) is 2.14. The van der Waals surface area contributed by atoms with E-state index in [1.165, 1.54) is 6.92 Å². The van der Waals surface area contributed by atoms with Gasteiger partial charge >= 0.3 is 0 Å². The number of nitro groups is 1. The van der Waals surface area contributed by atoms with Crippen molar-refractivity contribution in [3.63, 3.8) is 0 Å². The normalized spacial score (nSPS) is 11.8. The van der Waals surface area contributed by atoms with Crippen LogP contribution in [0.1, 0.15) is 13.8 Å². The highest BCUT2D eigenvalue weighted by Crippen LogP contribution is 1.98. The van der Waals surface area contributed by atoms with Crippen LogP contribution in [-0.4, -0.2) is 11.5 Å². The Morgan fingerprint density at radius 1 is 1.73 bits per heavy atom. The van der Waals surface area contributed by atoms with Crippen molar-refractivity contribution in [2.75, 3.05) is 6.54 Å². The first kappa shape index (κ1) is 9.68. The SMILES string of the molecule is C=CCN/C(C)=C(/C)[N+](=O)[O-]. The molecular formula is C7H12N2O2. The van der Waals surface area contributed by atoms with Crippen molar-refractivity contribution in [3.8, 4) is 0 Å². The molecular weight excluding hydrogens is 144 g/mol. The average molecular weight is 156 g/mol. The van der Waals surface area contributed by atoms with Gasteiger partial charge in [-0.25, -0.2) is 0 Å². The van der Waals surface area contributed by atoms with Gasteiger partial charge in [0.1, 0.15) is 0 Å². The van der Waals surface area contributed by atoms with Crippen LogP contribution in [0, 0.1) is 10.1 Å². The highest BCUT2D eigenvalue weighted by molar-refractivity contribution is 5.00. The van der Waals surface area contributed by atoms with Gasteiger partial charge in [-0.05, 0) is 6.92 Å². The Labute approximate surface area is 65.8 Å². The maximum absolute atomic E-state index is 10.2. The zero-order chi connectivity index (χ0) is 8.85. The molecule has 0 bridgehead atoms. The third-order valence-corrected chi connectivity index (χ3v) is 1.33. The van der Waals surface area contributed by atoms with E-state index in [0.717, 1.165) is 0 Å². The largest absolute Gasteiger partial charge is 0.380 e. The number of nitrogens with one attached hydrogen (secondary N) is 1. The van der Waals surface area contributed by atoms with Gasteiger partial charge in [0.05, 0.1) is 10.6 Å². The van der Waals surface area contributed by atoms with Crippen molar-refractivity contribution in [1.82, 2.24) is 5.32 Å². The van der Waals surface area contributed by atoms with E-state index < -0.39 is 4.92 Å². The molecule has 0 aliphatic heterocycles. The van der Waals surface area contributed by atoms with Gasteiger partial charge in [0.2, 0.25) is 0 Å². The summed E-state index contributed by atoms with van der Waals surface area (Å²) < 4.78 is 0. The summed E-state index contributed by atoms with van der Waals surface area (Å²) >= 11 is 0. The first-order valence-electron chi connectivity index (χ1n) is 3.26. The fraction of sp³-hybridized carbons (Fsp3) is 0.429. The fourth-order valence-electron chi connectivity index (χ4n) is 0.490. The molecule has 0 heterocycles. The summed E-state index contributed by atoms with van der Waals surface area (Å²) in [5, 5.41) is 13.0. The highest BCUT2D eigenvalue weighted by atomic mass is 16.6. The summed E-state index contributed by atoms with van der Waals surface area (Å²) in [6.07, 6.45) is 1.65. The molecule has 0 radical (unpaired) electrons. The molecule has 1 N–H and O–H groups in total. The maximum atomic E-state index is 10.2. The molecule has 0 rings (SSSR count). The van der Waals surface area contributed by atoms with E-state index in [0.29, 0.717) is 12.2 Å². The van der Waals surface area contributed by atoms with Gasteiger partial charge in [-0.2, -0.15) is 0 Å². The number of nitrogens with zero attached hydrogens (tertiary/aromatic N) is 1. The Morgan fingerprint density at radius 2 is 2.27 bits per heavy atom. The van der Waals surface area contributed by atoms with Crippen LogP contribution >= 0.6 is 0 Å². The van der Waals surface area contributed by atoms with Gasteiger partial charge in [0.15, 0.2) is 0 Å². The molecule has 0 spiro atoms. The maximum Gasteiger partial charge on any atom is 0.261 e. The monoisotopic (exact) mass is 156 g/mol. The minimum absolute atomic E-state index is 0.145. The molecule has 4 nitrogen and oxygen atoms in total. The summed E-state index contributed by atoms with van der Waals surface area (Å²) in [7, 11) is 0. The summed E-state index contributed by atoms with van der Waals surface area (Å²) in [5.74, 6) is 0. The van der Waals surface area contributed by atoms with E-state index in [-0.39, 0.29) is 5.70 Å². The van der Waals surface area contributed by atoms with Gasteiger partial charge in [-0.3, -0.25) is 10.1 Å². The van der Waals surface area contributed by atoms with Crippen molar-refractivity contribution in [1.29, 1.82) is 0 Å². The smallest absolute Gasteiger partial charge is 0.261 e. The molecule has 0 aromatic carbocycles. The molecule has 0 fully saturated rings. The zero-order valence-corrected chi connectivity index (χ0v) is 6.76. The minimum atomic E-state index is -0.411. The summed E-state index contributed by atoms with van der Waals surface area (Å²) in [6.45, 7) is 7.17. The standard InChI is InChI=1S/C7H12N2O2/c1-4-5-8-6(2)7(3)9(10)11/h4,8H,1,5H2,2-3H3/b7-6-. The van der Waals surface area contributed by atoms with Crippen molar-refractivity contribution in [2.45, 2.75) is 13.8 Å². The minimum Gasteiger partial charge on any atom is -0.380 e. The van der Waals surface area contributed by atoms with Crippen LogP contribution in [0.3, 0.4) is 0 Å². The van der Waals surface area contributed by atoms with E-state index >= 15 is 0 Å². The highest BCUT2D eigenvalue weighted by Gasteiger charge is 2.05. The van der Waals surface area contributed by atoms with Crippen molar-refractivity contribution in [2.24, 2.45) is 0 Å². The molecule has 0 aromatic rings. The molecule has 0 saturated heterocycles. The molecule has 0 aliphatic rings. The number of hydrogen-bond donors (Lipinski definition) is 1. The van der Waals surface area contributed by atoms with Crippen molar-refractivity contribution in [3.05, 3.63) is 34.2 Å². The van der Waals surface area contributed by atoms with Crippen LogP contribution in [0.5, 0.6) is 0 Å². The second kappa shape index (κ2) is 4.49. The molecule has 0 saturated carbocycles. The molecule has 4 heteroatoms. The lowest BCUT2D eigenvalue weighted by Gasteiger charge is -2.01. The van der Waals surface area contributed by atoms with Gasteiger partial charge in [-0.15, -0.1) is 6.58 Å². The molecule has 11 heavy (non-hydrogen) atoms. The number of rotatable bonds is 4. The third kappa shape index (κ3) is 3.40. The Balaban J connectivity index is 4.15. The summed E-state index contributed by atoms with van der Waals surface area (Å²) in [6, 6.07) is 0. The van der Waals surface area contributed by atoms with Crippen molar-refractivity contribution < 1.29 is 4.92 Å². The third-order valence-electron chi connectivity index (χ3n) is 1.33. The summed E-state index contributed by atoms with van der Waals surface area (Å²) in [4.78, 5) is 9.77. The Bertz CT molecular complexity index is 197. The van der Waals surface area contributed by atoms with Crippen LogP contribution < -0.4 is 5.32 Å². The van der Waals surface area contributed by atoms with Crippen molar-refractivity contribution >= 4 is 0 Å². The van der Waals surface area contributed by atoms with E-state index in [1.807, 2.05) is 0 Å². The van der Waals surface area contributed by atoms with Gasteiger partial charge in [0, 0.05) is 13.5 Å². The van der Waals surface area contributed by atoms with Gasteiger partial charge in [0.25, 0.3) is 5.70 Å². The van der Waals surface area contributed by atoms with Crippen LogP contribution in [0.2, 0.25) is 0 Å². The molecule has 62 valence electrons. The quantitative estimate of drug-likeness (QED) is 0.379. The molecule has 0 aromatic heterocycles. The first-order valence-corrected chi connectivity index (χ1v) is 3.26. The first-order chi connectivity index (χ1) is 5.09. The predicted octanol–water partition coefficient (Wildman–Crippen LogP) is 1.29. The molecule has 0 atom stereocenters. The van der Waals surface area contributed by atoms with E-state index in [1.54, 1.807) is 13.0 Å². The lowest BCUT2D eigenvalue weighted by molar-refractivity contribution is -0.425. The fourth-order valence-corrected chi connectivity index (χ4v) is 0.490. The summed E-state index contributed by atoms with van der Waals surface area (Å²) in [5.41, 5.74) is 0.724. The lowest BCUT2D eigenvalue weighted by atomic mass is 10.4. The lowest BCUT2D eigenvalue weighted by Crippen LogP contribution is -2.14. The van der Waals surface area contributed by atoms with E-state index in [2.05, 4.69) is 11.9 Å². The number of allylic oxidation sites excluding steroid dienone is 2. The Morgan fingerprint density at radius 3 is 2.64 bits per heavy atom. The van der Waals surface area contributed by atoms with Gasteiger partial charge in [-0.1, -0.05) is 6.08 Å². The van der Waals surface area contributed by atoms with Crippen LogP contribution in [-0.2, 0) is 0 Å². The molecule has 0 aliphatic carbocycles. The van der Waals surface area contributed by atoms with Crippen LogP contribution in [0.4, 0.5) is 0 Å². The second-order valence-electron chi connectivity index (χ2n) is 2.14. The number of hydrogen-bond acceptors (Lipinski definition) is 3. The van der Waals surface area contributed by atoms with Crippen LogP contribution in [0.15, 0.2) is 24.0 Å². The average Bonchev–Trinajstić information content (AvgIpc) is 1.98. The van der Waals surface area contributed by atoms with Crippen LogP contribution in [0.25, 0.3) is 0 Å². The zero-order valence-electron chi connectivity index (χ0n) is 6.76. The molecule has 0 amide bonds. The molecule has 0 unspecified atom stereocenters.